The summed E-state index contributed by atoms with van der Waals surface area (Å²) in [5.41, 5.74) is 0.413. The molecule has 0 fully saturated rings. The van der Waals surface area contributed by atoms with Gasteiger partial charge in [-0.2, -0.15) is 8.42 Å². The van der Waals surface area contributed by atoms with E-state index in [4.69, 9.17) is 17.3 Å². The van der Waals surface area contributed by atoms with Crippen LogP contribution in [0.1, 0.15) is 22.3 Å². The molecular weight excluding hydrogens is 508 g/mol. The van der Waals surface area contributed by atoms with Crippen LogP contribution >= 0.6 is 11.6 Å². The summed E-state index contributed by atoms with van der Waals surface area (Å²) in [6, 6.07) is -0.363. The third-order valence-electron chi connectivity index (χ3n) is 6.91. The van der Waals surface area contributed by atoms with Gasteiger partial charge in [0.2, 0.25) is 5.78 Å². The van der Waals surface area contributed by atoms with Crippen LogP contribution in [0.4, 0.5) is 0 Å². The molecule has 1 aromatic carbocycles. The van der Waals surface area contributed by atoms with Gasteiger partial charge in [0.05, 0.1) is 11.6 Å². The van der Waals surface area contributed by atoms with Crippen LogP contribution in [0.2, 0.25) is 5.02 Å². The average molecular weight is 529 g/mol. The van der Waals surface area contributed by atoms with Gasteiger partial charge in [-0.15, -0.1) is 0 Å². The first kappa shape index (κ1) is 25.1. The fraction of sp³-hybridized carbons (Fsp3) is 0.381. The summed E-state index contributed by atoms with van der Waals surface area (Å²) in [5, 5.41) is 43.5. The Labute approximate surface area is 203 Å². The maximum atomic E-state index is 13.4. The van der Waals surface area contributed by atoms with Crippen LogP contribution < -0.4 is 5.73 Å². The number of aliphatic hydroxyl groups is 3. The predicted molar refractivity (Wildman–Crippen MR) is 118 cm³/mol. The highest BCUT2D eigenvalue weighted by Gasteiger charge is 2.63. The number of fused-ring (bicyclic) bond motifs is 3. The molecule has 14 heteroatoms. The summed E-state index contributed by atoms with van der Waals surface area (Å²) >= 11 is 6.17. The quantitative estimate of drug-likeness (QED) is 0.227. The molecule has 12 nitrogen and oxygen atoms in total. The summed E-state index contributed by atoms with van der Waals surface area (Å²) in [6.07, 6.45) is -0.268. The van der Waals surface area contributed by atoms with E-state index in [1.54, 1.807) is 0 Å². The van der Waals surface area contributed by atoms with Gasteiger partial charge in [-0.3, -0.25) is 23.8 Å². The second-order valence-electron chi connectivity index (χ2n) is 9.00. The molecule has 1 amide bonds. The van der Waals surface area contributed by atoms with Gasteiger partial charge in [0.15, 0.2) is 11.4 Å². The monoisotopic (exact) mass is 528 g/mol. The number of nitrogens with zero attached hydrogens (tertiary/aromatic N) is 1. The Bertz CT molecular complexity index is 1400. The molecule has 7 N–H and O–H groups in total. The smallest absolute Gasteiger partial charge is 0.298 e. The summed E-state index contributed by atoms with van der Waals surface area (Å²) in [4.78, 5) is 38.9. The van der Waals surface area contributed by atoms with Gasteiger partial charge in [0.25, 0.3) is 16.0 Å². The van der Waals surface area contributed by atoms with Crippen molar-refractivity contribution in [1.82, 2.24) is 4.90 Å². The number of phenolic OH excluding ortho intramolecular Hbond substituents is 1. The largest absolute Gasteiger partial charge is 0.510 e. The molecule has 0 spiro atoms. The molecule has 1 unspecified atom stereocenters. The summed E-state index contributed by atoms with van der Waals surface area (Å²) in [5.74, 6) is -8.87. The molecule has 188 valence electrons. The summed E-state index contributed by atoms with van der Waals surface area (Å²) in [7, 11) is -2.00. The van der Waals surface area contributed by atoms with Gasteiger partial charge < -0.3 is 26.2 Å². The molecule has 0 radical (unpaired) electrons. The molecular formula is C21H21ClN2O10S. The molecule has 0 aliphatic heterocycles. The van der Waals surface area contributed by atoms with E-state index < -0.39 is 89.9 Å². The Morgan fingerprint density at radius 3 is 2.34 bits per heavy atom. The van der Waals surface area contributed by atoms with Crippen molar-refractivity contribution in [3.05, 3.63) is 44.9 Å². The van der Waals surface area contributed by atoms with E-state index in [1.807, 2.05) is 0 Å². The average Bonchev–Trinajstić information content (AvgIpc) is 2.71. The molecule has 0 bridgehead atoms. The van der Waals surface area contributed by atoms with Crippen molar-refractivity contribution in [2.24, 2.45) is 17.6 Å². The van der Waals surface area contributed by atoms with Crippen LogP contribution in [0.3, 0.4) is 0 Å². The number of ketones is 2. The van der Waals surface area contributed by atoms with Gasteiger partial charge in [-0.25, -0.2) is 0 Å². The number of rotatable bonds is 3. The third kappa shape index (κ3) is 3.30. The van der Waals surface area contributed by atoms with Gasteiger partial charge in [-0.05, 0) is 44.5 Å². The minimum Gasteiger partial charge on any atom is -0.510 e. The Morgan fingerprint density at radius 1 is 1.23 bits per heavy atom. The maximum absolute atomic E-state index is 13.4. The molecule has 3 aliphatic rings. The van der Waals surface area contributed by atoms with Gasteiger partial charge in [0.1, 0.15) is 27.7 Å². The number of likely N-dealkylation sites (N-methyl/N-ethyl adjacent to an activating group) is 1. The lowest BCUT2D eigenvalue weighted by Gasteiger charge is -2.50. The molecule has 0 saturated heterocycles. The van der Waals surface area contributed by atoms with E-state index in [0.717, 1.165) is 6.07 Å². The van der Waals surface area contributed by atoms with Crippen LogP contribution in [0.5, 0.6) is 5.75 Å². The van der Waals surface area contributed by atoms with E-state index in [1.165, 1.54) is 19.0 Å². The summed E-state index contributed by atoms with van der Waals surface area (Å²) < 4.78 is 32.7. The molecule has 0 heterocycles. The lowest BCUT2D eigenvalue weighted by Crippen LogP contribution is -2.63. The number of aliphatic hydroxyl groups excluding tert-OH is 2. The zero-order valence-corrected chi connectivity index (χ0v) is 19.9. The minimum atomic E-state index is -4.99. The van der Waals surface area contributed by atoms with Gasteiger partial charge in [0, 0.05) is 16.5 Å². The number of Topliss-reactive ketones (excluding diaryl/α,β-unsaturated/α-hetero) is 2. The number of allylic oxidation sites excluding steroid dienone is 1. The molecule has 1 aromatic rings. The first-order chi connectivity index (χ1) is 16.0. The van der Waals surface area contributed by atoms with Crippen LogP contribution in [0, 0.1) is 11.8 Å². The lowest BCUT2D eigenvalue weighted by molar-refractivity contribution is -0.148. The molecule has 35 heavy (non-hydrogen) atoms. The zero-order valence-electron chi connectivity index (χ0n) is 18.3. The number of halogens is 1. The number of benzene rings is 1. The molecule has 0 saturated carbocycles. The van der Waals surface area contributed by atoms with Crippen molar-refractivity contribution in [1.29, 1.82) is 0 Å². The highest BCUT2D eigenvalue weighted by Crippen LogP contribution is 2.53. The van der Waals surface area contributed by atoms with Crippen molar-refractivity contribution >= 4 is 39.2 Å². The molecule has 3 aliphatic carbocycles. The zero-order chi connectivity index (χ0) is 26.4. The second kappa shape index (κ2) is 7.77. The molecule has 4 atom stereocenters. The Morgan fingerprint density at radius 2 is 1.83 bits per heavy atom. The van der Waals surface area contributed by atoms with Crippen molar-refractivity contribution in [2.45, 2.75) is 29.4 Å². The number of hydrogen-bond donors (Lipinski definition) is 6. The predicted octanol–water partition coefficient (Wildman–Crippen LogP) is 0.0207. The van der Waals surface area contributed by atoms with Crippen LogP contribution in [-0.4, -0.2) is 81.5 Å². The number of carbonyl (C=O) groups is 3. The standard InChI is InChI=1S/C21H21ClN2O10S/c1-24(2)14-8-4-6-3-7-9(22)5-10(35(32,33)34)15(25)12(7)16(26)11(6)18(28)21(8,31)19(29)13(17(14)27)20(23)30/h5-6,8,14,25,27-28,31H,3-4H2,1-2H3,(H2,23,30)(H,32,33,34)/t6?,8-,14-,21-/m0/s1. The molecule has 0 aromatic heterocycles. The second-order valence-corrected chi connectivity index (χ2v) is 10.8. The van der Waals surface area contributed by atoms with E-state index in [2.05, 4.69) is 0 Å². The highest BCUT2D eigenvalue weighted by atomic mass is 35.5. The number of hydrogen-bond acceptors (Lipinski definition) is 10. The van der Waals surface area contributed by atoms with E-state index in [0.29, 0.717) is 0 Å². The van der Waals surface area contributed by atoms with Crippen molar-refractivity contribution in [3.63, 3.8) is 0 Å². The van der Waals surface area contributed by atoms with Gasteiger partial charge >= 0.3 is 0 Å². The first-order valence-electron chi connectivity index (χ1n) is 10.2. The topological polar surface area (TPSA) is 216 Å². The number of phenols is 1. The Balaban J connectivity index is 2.00. The lowest BCUT2D eigenvalue weighted by atomic mass is 9.58. The Kier molecular flexibility index (Phi) is 5.58. The maximum Gasteiger partial charge on any atom is 0.298 e. The summed E-state index contributed by atoms with van der Waals surface area (Å²) in [6.45, 7) is 0. The fourth-order valence-corrected chi connectivity index (χ4v) is 6.41. The normalized spacial score (nSPS) is 28.7. The fourth-order valence-electron chi connectivity index (χ4n) is 5.45. The molecule has 4 rings (SSSR count). The first-order valence-corrected chi connectivity index (χ1v) is 12.0. The van der Waals surface area contributed by atoms with E-state index in [-0.39, 0.29) is 23.4 Å². The van der Waals surface area contributed by atoms with E-state index >= 15 is 0 Å². The Hall–Kier alpha value is -2.97. The van der Waals surface area contributed by atoms with Crippen LogP contribution in [0.25, 0.3) is 0 Å². The SMILES string of the molecule is CN(C)[C@@H]1C(O)=C(C(N)=O)C(=O)[C@@]2(O)C(O)=C3C(=O)c4c(O)c(S(=O)(=O)O)cc(Cl)c4CC3C[C@@H]12. The number of primary amides is 1. The van der Waals surface area contributed by atoms with Crippen molar-refractivity contribution < 1.29 is 47.8 Å². The highest BCUT2D eigenvalue weighted by molar-refractivity contribution is 7.86. The van der Waals surface area contributed by atoms with Crippen LogP contribution in [0.15, 0.2) is 33.6 Å². The minimum absolute atomic E-state index is 0.0367. The van der Waals surface area contributed by atoms with Crippen molar-refractivity contribution in [3.8, 4) is 5.75 Å². The van der Waals surface area contributed by atoms with E-state index in [9.17, 15) is 47.8 Å². The third-order valence-corrected chi connectivity index (χ3v) is 8.12. The number of amides is 1. The number of carbonyl (C=O) groups excluding carboxylic acids is 3. The van der Waals surface area contributed by atoms with Crippen LogP contribution in [-0.2, 0) is 26.1 Å². The number of aromatic hydroxyl groups is 1. The van der Waals surface area contributed by atoms with Crippen molar-refractivity contribution in [2.75, 3.05) is 14.1 Å². The van der Waals surface area contributed by atoms with Gasteiger partial charge in [-0.1, -0.05) is 11.6 Å². The number of nitrogens with two attached hydrogens (primary N) is 1.